The van der Waals surface area contributed by atoms with Gasteiger partial charge in [-0.2, -0.15) is 0 Å². The Bertz CT molecular complexity index is 859. The maximum Gasteiger partial charge on any atom is 0.265 e. The molecule has 1 saturated heterocycles. The van der Waals surface area contributed by atoms with Crippen LogP contribution in [0.1, 0.15) is 40.5 Å². The lowest BCUT2D eigenvalue weighted by Crippen LogP contribution is -2.41. The number of nitrogens with one attached hydrogen (secondary N) is 2. The van der Waals surface area contributed by atoms with E-state index in [4.69, 9.17) is 9.47 Å². The van der Waals surface area contributed by atoms with Gasteiger partial charge in [0.25, 0.3) is 5.91 Å². The molecule has 0 aliphatic carbocycles. The fourth-order valence-corrected chi connectivity index (χ4v) is 2.70. The molecule has 8 nitrogen and oxygen atoms in total. The summed E-state index contributed by atoms with van der Waals surface area (Å²) in [4.78, 5) is 24.8. The second kappa shape index (κ2) is 12.6. The summed E-state index contributed by atoms with van der Waals surface area (Å²) in [6.45, 7) is 8.37. The first-order chi connectivity index (χ1) is 14.9. The van der Waals surface area contributed by atoms with Crippen LogP contribution in [0.3, 0.4) is 0 Å². The van der Waals surface area contributed by atoms with E-state index < -0.39 is 5.82 Å². The van der Waals surface area contributed by atoms with E-state index in [0.29, 0.717) is 30.5 Å². The zero-order valence-electron chi connectivity index (χ0n) is 18.4. The van der Waals surface area contributed by atoms with Crippen LogP contribution in [0.4, 0.5) is 10.1 Å². The molecular weight excluding hydrogens is 401 g/mol. The number of rotatable bonds is 9. The van der Waals surface area contributed by atoms with Crippen LogP contribution in [-0.2, 0) is 9.53 Å². The molecule has 1 aliphatic heterocycles. The summed E-state index contributed by atoms with van der Waals surface area (Å²) in [7, 11) is 0. The summed E-state index contributed by atoms with van der Waals surface area (Å²) in [5, 5.41) is 6.02. The number of ether oxygens (including phenoxy) is 2. The molecule has 1 aliphatic rings. The van der Waals surface area contributed by atoms with Crippen molar-refractivity contribution in [2.24, 2.45) is 15.0 Å². The van der Waals surface area contributed by atoms with Crippen molar-refractivity contribution in [3.63, 3.8) is 0 Å². The first kappa shape index (κ1) is 24.2. The van der Waals surface area contributed by atoms with Gasteiger partial charge in [-0.25, -0.2) is 14.4 Å². The summed E-state index contributed by atoms with van der Waals surface area (Å²) in [5.41, 5.74) is 0.802. The van der Waals surface area contributed by atoms with E-state index in [1.54, 1.807) is 26.1 Å². The number of carbonyl (C=O) groups excluding carboxylic acids is 1. The minimum atomic E-state index is -0.413. The third kappa shape index (κ3) is 8.67. The van der Waals surface area contributed by atoms with Gasteiger partial charge >= 0.3 is 0 Å². The molecule has 1 amide bonds. The molecule has 0 bridgehead atoms. The van der Waals surface area contributed by atoms with Crippen LogP contribution in [0.15, 0.2) is 45.2 Å². The molecule has 1 fully saturated rings. The second-order valence-corrected chi connectivity index (χ2v) is 7.17. The average Bonchev–Trinajstić information content (AvgIpc) is 2.73. The lowest BCUT2D eigenvalue weighted by molar-refractivity contribution is -0.116. The standard InChI is InChI=1S/C22H30FN5O3/c1-5-24-14-26-21(28-19-7-6-17(23)12-20(19)31-15(2)3)13-25-16(4)22(29)27-18-8-10-30-11-9-18/h5-7,12-15,18,28H,8-11H2,1-4H3,(H,27,29)/b21-13-,24-5?,25-16?,26-14?. The highest BCUT2D eigenvalue weighted by Gasteiger charge is 2.17. The molecule has 0 spiro atoms. The average molecular weight is 432 g/mol. The Balaban J connectivity index is 2.20. The van der Waals surface area contributed by atoms with E-state index in [9.17, 15) is 9.18 Å². The van der Waals surface area contributed by atoms with Crippen molar-refractivity contribution in [3.05, 3.63) is 36.0 Å². The molecule has 0 radical (unpaired) electrons. The molecule has 168 valence electrons. The molecule has 1 aromatic rings. The second-order valence-electron chi connectivity index (χ2n) is 7.17. The first-order valence-electron chi connectivity index (χ1n) is 10.3. The van der Waals surface area contributed by atoms with Crippen molar-refractivity contribution in [1.82, 2.24) is 5.32 Å². The Kier molecular flexibility index (Phi) is 9.83. The molecule has 1 aromatic carbocycles. The molecule has 1 heterocycles. The smallest absolute Gasteiger partial charge is 0.265 e. The predicted octanol–water partition coefficient (Wildman–Crippen LogP) is 3.70. The highest BCUT2D eigenvalue weighted by Crippen LogP contribution is 2.28. The van der Waals surface area contributed by atoms with E-state index in [1.807, 2.05) is 13.8 Å². The van der Waals surface area contributed by atoms with Gasteiger partial charge in [-0.15, -0.1) is 0 Å². The molecule has 2 rings (SSSR count). The molecule has 0 unspecified atom stereocenters. The van der Waals surface area contributed by atoms with Crippen LogP contribution in [0.5, 0.6) is 5.75 Å². The topological polar surface area (TPSA) is 96.7 Å². The number of benzene rings is 1. The highest BCUT2D eigenvalue weighted by molar-refractivity contribution is 6.38. The Hall–Kier alpha value is -3.07. The normalized spacial score (nSPS) is 16.3. The highest BCUT2D eigenvalue weighted by atomic mass is 19.1. The number of carbonyl (C=O) groups is 1. The fourth-order valence-electron chi connectivity index (χ4n) is 2.70. The van der Waals surface area contributed by atoms with Gasteiger partial charge in [-0.3, -0.25) is 9.79 Å². The van der Waals surface area contributed by atoms with Crippen molar-refractivity contribution in [2.45, 2.75) is 52.7 Å². The van der Waals surface area contributed by atoms with Gasteiger partial charge in [-0.05, 0) is 52.7 Å². The molecule has 31 heavy (non-hydrogen) atoms. The third-order valence-corrected chi connectivity index (χ3v) is 4.25. The number of amides is 1. The van der Waals surface area contributed by atoms with Crippen LogP contribution in [0, 0.1) is 5.82 Å². The van der Waals surface area contributed by atoms with Gasteiger partial charge in [-0.1, -0.05) is 0 Å². The minimum Gasteiger partial charge on any atom is -0.489 e. The summed E-state index contributed by atoms with van der Waals surface area (Å²) >= 11 is 0. The summed E-state index contributed by atoms with van der Waals surface area (Å²) in [5.74, 6) is -0.00906. The van der Waals surface area contributed by atoms with Crippen LogP contribution < -0.4 is 15.4 Å². The molecule has 9 heteroatoms. The lowest BCUT2D eigenvalue weighted by atomic mass is 10.1. The summed E-state index contributed by atoms with van der Waals surface area (Å²) in [6.07, 6.45) is 5.77. The molecule has 0 atom stereocenters. The lowest BCUT2D eigenvalue weighted by Gasteiger charge is -2.22. The van der Waals surface area contributed by atoms with E-state index in [-0.39, 0.29) is 23.8 Å². The number of aliphatic imine (C=N–C) groups is 3. The zero-order valence-corrected chi connectivity index (χ0v) is 18.4. The molecule has 2 N–H and O–H groups in total. The van der Waals surface area contributed by atoms with Gasteiger partial charge in [0.05, 0.1) is 18.0 Å². The van der Waals surface area contributed by atoms with Crippen molar-refractivity contribution in [3.8, 4) is 5.75 Å². The Morgan fingerprint density at radius 1 is 1.32 bits per heavy atom. The summed E-state index contributed by atoms with van der Waals surface area (Å²) in [6, 6.07) is 4.24. The Morgan fingerprint density at radius 2 is 2.06 bits per heavy atom. The monoisotopic (exact) mass is 431 g/mol. The number of anilines is 1. The molecule has 0 saturated carbocycles. The van der Waals surface area contributed by atoms with Crippen LogP contribution >= 0.6 is 0 Å². The molecule has 0 aromatic heterocycles. The maximum atomic E-state index is 13.7. The van der Waals surface area contributed by atoms with Crippen LogP contribution in [0.25, 0.3) is 0 Å². The minimum absolute atomic E-state index is 0.0832. The first-order valence-corrected chi connectivity index (χ1v) is 10.3. The van der Waals surface area contributed by atoms with Crippen molar-refractivity contribution in [1.29, 1.82) is 0 Å². The van der Waals surface area contributed by atoms with E-state index in [2.05, 4.69) is 25.6 Å². The van der Waals surface area contributed by atoms with Gasteiger partial charge < -0.3 is 20.1 Å². The van der Waals surface area contributed by atoms with Gasteiger partial charge in [0, 0.05) is 31.5 Å². The maximum absolute atomic E-state index is 13.7. The summed E-state index contributed by atoms with van der Waals surface area (Å²) < 4.78 is 24.7. The Morgan fingerprint density at radius 3 is 2.74 bits per heavy atom. The quantitative estimate of drug-likeness (QED) is 0.460. The van der Waals surface area contributed by atoms with E-state index in [0.717, 1.165) is 12.8 Å². The zero-order chi connectivity index (χ0) is 22.6. The van der Waals surface area contributed by atoms with Gasteiger partial charge in [0.2, 0.25) is 0 Å². The van der Waals surface area contributed by atoms with Crippen molar-refractivity contribution >= 4 is 29.9 Å². The van der Waals surface area contributed by atoms with Gasteiger partial charge in [0.15, 0.2) is 5.82 Å². The number of halogens is 1. The number of nitrogens with zero attached hydrogens (tertiary/aromatic N) is 3. The van der Waals surface area contributed by atoms with Crippen molar-refractivity contribution < 1.29 is 18.7 Å². The number of hydrogen-bond donors (Lipinski definition) is 2. The Labute approximate surface area is 182 Å². The SMILES string of the molecule is CC=NC=N/C(=C/N=C(C)C(=O)NC1CCOCC1)Nc1ccc(F)cc1OC(C)C. The largest absolute Gasteiger partial charge is 0.489 e. The van der Waals surface area contributed by atoms with E-state index >= 15 is 0 Å². The number of hydrogen-bond acceptors (Lipinski definition) is 6. The predicted molar refractivity (Wildman–Crippen MR) is 122 cm³/mol. The third-order valence-electron chi connectivity index (χ3n) is 4.25. The van der Waals surface area contributed by atoms with Gasteiger partial charge in [0.1, 0.15) is 23.6 Å². The fraction of sp³-hybridized carbons (Fsp3) is 0.455. The van der Waals surface area contributed by atoms with E-state index in [1.165, 1.54) is 24.7 Å². The van der Waals surface area contributed by atoms with Crippen LogP contribution in [0.2, 0.25) is 0 Å². The van der Waals surface area contributed by atoms with Crippen molar-refractivity contribution in [2.75, 3.05) is 18.5 Å². The molecular formula is C22H30FN5O3. The van der Waals surface area contributed by atoms with Crippen LogP contribution in [-0.4, -0.2) is 49.5 Å².